The molecule has 0 unspecified atom stereocenters. The van der Waals surface area contributed by atoms with E-state index in [0.717, 1.165) is 58.3 Å². The molecule has 1 fully saturated rings. The van der Waals surface area contributed by atoms with Crippen LogP contribution < -0.4 is 10.6 Å². The summed E-state index contributed by atoms with van der Waals surface area (Å²) in [5.41, 5.74) is 2.67. The van der Waals surface area contributed by atoms with Crippen LogP contribution in [0.1, 0.15) is 37.8 Å². The third-order valence-electron chi connectivity index (χ3n) is 4.19. The monoisotopic (exact) mass is 460 g/mol. The standard InChI is InChI=1S/C19H32N4O.HI/c1-3-5-10-21-19(20-4-2)22-15-17-8-6-7-9-18(17)16-23-11-13-24-14-12-23;/h6-9H,3-5,10-16H2,1-2H3,(H2,20,21,22);1H. The second-order valence-electron chi connectivity index (χ2n) is 6.13. The smallest absolute Gasteiger partial charge is 0.191 e. The summed E-state index contributed by atoms with van der Waals surface area (Å²) in [6, 6.07) is 8.63. The van der Waals surface area contributed by atoms with E-state index in [2.05, 4.69) is 53.6 Å². The maximum Gasteiger partial charge on any atom is 0.191 e. The van der Waals surface area contributed by atoms with Crippen LogP contribution in [0.2, 0.25) is 0 Å². The fraction of sp³-hybridized carbons (Fsp3) is 0.632. The molecule has 1 aliphatic rings. The van der Waals surface area contributed by atoms with Gasteiger partial charge >= 0.3 is 0 Å². The van der Waals surface area contributed by atoms with Gasteiger partial charge in [-0.25, -0.2) is 4.99 Å². The van der Waals surface area contributed by atoms with Crippen LogP contribution in [0.5, 0.6) is 0 Å². The number of unbranched alkanes of at least 4 members (excludes halogenated alkanes) is 1. The van der Waals surface area contributed by atoms with E-state index in [4.69, 9.17) is 9.73 Å². The molecule has 0 aromatic heterocycles. The van der Waals surface area contributed by atoms with Gasteiger partial charge in [0.1, 0.15) is 0 Å². The Bertz CT molecular complexity index is 504. The molecule has 1 saturated heterocycles. The summed E-state index contributed by atoms with van der Waals surface area (Å²) in [6.07, 6.45) is 2.35. The molecule has 2 rings (SSSR count). The highest BCUT2D eigenvalue weighted by atomic mass is 127. The van der Waals surface area contributed by atoms with Gasteiger partial charge in [-0.05, 0) is 24.5 Å². The summed E-state index contributed by atoms with van der Waals surface area (Å²) >= 11 is 0. The molecule has 1 heterocycles. The Kier molecular flexibility index (Phi) is 11.9. The molecule has 142 valence electrons. The lowest BCUT2D eigenvalue weighted by molar-refractivity contribution is 0.0341. The Balaban J connectivity index is 0.00000312. The Labute approximate surface area is 169 Å². The summed E-state index contributed by atoms with van der Waals surface area (Å²) in [5.74, 6) is 0.909. The van der Waals surface area contributed by atoms with Crippen LogP contribution in [-0.4, -0.2) is 50.3 Å². The number of hydrogen-bond acceptors (Lipinski definition) is 3. The van der Waals surface area contributed by atoms with Gasteiger partial charge < -0.3 is 15.4 Å². The number of nitrogens with one attached hydrogen (secondary N) is 2. The average molecular weight is 460 g/mol. The van der Waals surface area contributed by atoms with Gasteiger partial charge in [0.15, 0.2) is 5.96 Å². The number of guanidine groups is 1. The predicted octanol–water partition coefficient (Wildman–Crippen LogP) is 2.99. The minimum absolute atomic E-state index is 0. The molecule has 2 N–H and O–H groups in total. The van der Waals surface area contributed by atoms with Crippen molar-refractivity contribution in [2.24, 2.45) is 4.99 Å². The maximum atomic E-state index is 5.44. The minimum atomic E-state index is 0. The van der Waals surface area contributed by atoms with E-state index in [1.807, 2.05) is 0 Å². The van der Waals surface area contributed by atoms with Gasteiger partial charge in [-0.15, -0.1) is 24.0 Å². The zero-order valence-electron chi connectivity index (χ0n) is 15.6. The zero-order chi connectivity index (χ0) is 17.0. The Morgan fingerprint density at radius 3 is 2.52 bits per heavy atom. The third kappa shape index (κ3) is 8.37. The highest BCUT2D eigenvalue weighted by Gasteiger charge is 2.12. The van der Waals surface area contributed by atoms with Crippen molar-refractivity contribution in [3.63, 3.8) is 0 Å². The van der Waals surface area contributed by atoms with E-state index in [1.165, 1.54) is 17.5 Å². The van der Waals surface area contributed by atoms with E-state index in [9.17, 15) is 0 Å². The van der Waals surface area contributed by atoms with Crippen LogP contribution in [-0.2, 0) is 17.8 Å². The molecule has 0 amide bonds. The van der Waals surface area contributed by atoms with Crippen LogP contribution in [0.4, 0.5) is 0 Å². The molecule has 0 aliphatic carbocycles. The first kappa shape index (κ1) is 22.2. The number of benzene rings is 1. The molecule has 1 aromatic carbocycles. The van der Waals surface area contributed by atoms with Crippen molar-refractivity contribution in [1.29, 1.82) is 0 Å². The first-order valence-electron chi connectivity index (χ1n) is 9.22. The molecule has 5 nitrogen and oxygen atoms in total. The van der Waals surface area contributed by atoms with Crippen LogP contribution in [0.25, 0.3) is 0 Å². The average Bonchev–Trinajstić information content (AvgIpc) is 2.62. The van der Waals surface area contributed by atoms with Gasteiger partial charge in [0, 0.05) is 32.7 Å². The van der Waals surface area contributed by atoms with Gasteiger partial charge in [-0.3, -0.25) is 4.90 Å². The first-order chi connectivity index (χ1) is 11.8. The summed E-state index contributed by atoms with van der Waals surface area (Å²) in [5, 5.41) is 6.73. The minimum Gasteiger partial charge on any atom is -0.379 e. The Morgan fingerprint density at radius 2 is 1.84 bits per heavy atom. The molecule has 25 heavy (non-hydrogen) atoms. The topological polar surface area (TPSA) is 48.9 Å². The van der Waals surface area contributed by atoms with Gasteiger partial charge in [0.05, 0.1) is 19.8 Å². The Morgan fingerprint density at radius 1 is 1.12 bits per heavy atom. The highest BCUT2D eigenvalue weighted by Crippen LogP contribution is 2.14. The van der Waals surface area contributed by atoms with Crippen LogP contribution in [0.3, 0.4) is 0 Å². The van der Waals surface area contributed by atoms with Crippen molar-refractivity contribution >= 4 is 29.9 Å². The lowest BCUT2D eigenvalue weighted by atomic mass is 10.1. The van der Waals surface area contributed by atoms with Crippen LogP contribution in [0.15, 0.2) is 29.3 Å². The van der Waals surface area contributed by atoms with Crippen molar-refractivity contribution in [2.75, 3.05) is 39.4 Å². The maximum absolute atomic E-state index is 5.44. The number of rotatable bonds is 8. The van der Waals surface area contributed by atoms with Gasteiger partial charge in [-0.1, -0.05) is 37.6 Å². The molecule has 0 atom stereocenters. The molecular weight excluding hydrogens is 427 g/mol. The molecular formula is C19H33IN4O. The number of hydrogen-bond donors (Lipinski definition) is 2. The summed E-state index contributed by atoms with van der Waals surface area (Å²) < 4.78 is 5.44. The lowest BCUT2D eigenvalue weighted by Gasteiger charge is -2.27. The predicted molar refractivity (Wildman–Crippen MR) is 116 cm³/mol. The number of nitrogens with zero attached hydrogens (tertiary/aromatic N) is 2. The van der Waals surface area contributed by atoms with Crippen LogP contribution in [0, 0.1) is 0 Å². The molecule has 1 aromatic rings. The van der Waals surface area contributed by atoms with Crippen LogP contribution >= 0.6 is 24.0 Å². The largest absolute Gasteiger partial charge is 0.379 e. The molecule has 1 aliphatic heterocycles. The summed E-state index contributed by atoms with van der Waals surface area (Å²) in [6.45, 7) is 11.6. The highest BCUT2D eigenvalue weighted by molar-refractivity contribution is 14.0. The zero-order valence-corrected chi connectivity index (χ0v) is 17.9. The van der Waals surface area contributed by atoms with Crippen molar-refractivity contribution in [3.05, 3.63) is 35.4 Å². The van der Waals surface area contributed by atoms with Crippen molar-refractivity contribution in [2.45, 2.75) is 39.8 Å². The van der Waals surface area contributed by atoms with Gasteiger partial charge in [0.2, 0.25) is 0 Å². The number of aliphatic imine (C=N–C) groups is 1. The SMILES string of the molecule is CCCCNC(=NCc1ccccc1CN1CCOCC1)NCC.I. The summed E-state index contributed by atoms with van der Waals surface area (Å²) in [7, 11) is 0. The second-order valence-corrected chi connectivity index (χ2v) is 6.13. The van der Waals surface area contributed by atoms with Crippen molar-refractivity contribution in [3.8, 4) is 0 Å². The quantitative estimate of drug-likeness (QED) is 0.271. The fourth-order valence-electron chi connectivity index (χ4n) is 2.76. The van der Waals surface area contributed by atoms with E-state index < -0.39 is 0 Å². The lowest BCUT2D eigenvalue weighted by Crippen LogP contribution is -2.37. The third-order valence-corrected chi connectivity index (χ3v) is 4.19. The van der Waals surface area contributed by atoms with E-state index in [-0.39, 0.29) is 24.0 Å². The molecule has 0 radical (unpaired) electrons. The Hall–Kier alpha value is -0.860. The number of halogens is 1. The molecule has 0 saturated carbocycles. The first-order valence-corrected chi connectivity index (χ1v) is 9.22. The fourth-order valence-corrected chi connectivity index (χ4v) is 2.76. The van der Waals surface area contributed by atoms with Gasteiger partial charge in [-0.2, -0.15) is 0 Å². The van der Waals surface area contributed by atoms with E-state index >= 15 is 0 Å². The van der Waals surface area contributed by atoms with E-state index in [0.29, 0.717) is 6.54 Å². The van der Waals surface area contributed by atoms with Crippen molar-refractivity contribution in [1.82, 2.24) is 15.5 Å². The summed E-state index contributed by atoms with van der Waals surface area (Å²) in [4.78, 5) is 7.22. The molecule has 0 spiro atoms. The van der Waals surface area contributed by atoms with Gasteiger partial charge in [0.25, 0.3) is 0 Å². The number of morpholine rings is 1. The van der Waals surface area contributed by atoms with Crippen molar-refractivity contribution < 1.29 is 4.74 Å². The van der Waals surface area contributed by atoms with E-state index in [1.54, 1.807) is 0 Å². The molecule has 0 bridgehead atoms. The number of ether oxygens (including phenoxy) is 1. The molecule has 6 heteroatoms. The second kappa shape index (κ2) is 13.4. The normalized spacial score (nSPS) is 15.5.